The van der Waals surface area contributed by atoms with Crippen LogP contribution < -0.4 is 11.1 Å². The summed E-state index contributed by atoms with van der Waals surface area (Å²) in [6.45, 7) is 0. The number of hydrogen-bond donors (Lipinski definition) is 2. The minimum absolute atomic E-state index is 0.273. The summed E-state index contributed by atoms with van der Waals surface area (Å²) in [5.41, 5.74) is 6.25. The highest BCUT2D eigenvalue weighted by Gasteiger charge is 2.42. The molecule has 1 unspecified atom stereocenters. The Morgan fingerprint density at radius 1 is 1.60 bits per heavy atom. The number of primary amides is 1. The van der Waals surface area contributed by atoms with Gasteiger partial charge >= 0.3 is 0 Å². The first-order valence-electron chi connectivity index (χ1n) is 4.88. The van der Waals surface area contributed by atoms with E-state index in [4.69, 9.17) is 5.73 Å². The highest BCUT2D eigenvalue weighted by Crippen LogP contribution is 2.36. The lowest BCUT2D eigenvalue weighted by Crippen LogP contribution is -2.49. The fraction of sp³-hybridized carbons (Fsp3) is 0.364. The van der Waals surface area contributed by atoms with Crippen molar-refractivity contribution in [2.24, 2.45) is 5.73 Å². The number of carbonyl (C=O) groups is 1. The van der Waals surface area contributed by atoms with Crippen LogP contribution in [0, 0.1) is 5.82 Å². The van der Waals surface area contributed by atoms with E-state index in [9.17, 15) is 9.18 Å². The van der Waals surface area contributed by atoms with Crippen LogP contribution in [-0.4, -0.2) is 13.0 Å². The first-order valence-corrected chi connectivity index (χ1v) is 4.88. The van der Waals surface area contributed by atoms with Crippen molar-refractivity contribution in [2.45, 2.75) is 18.4 Å². The third kappa shape index (κ3) is 1.33. The Bertz CT molecular complexity index is 419. The molecule has 15 heavy (non-hydrogen) atoms. The number of likely N-dealkylation sites (N-methyl/N-ethyl adjacent to an activating group) is 1. The van der Waals surface area contributed by atoms with Crippen molar-refractivity contribution in [2.75, 3.05) is 7.05 Å². The number of nitrogens with one attached hydrogen (secondary N) is 1. The van der Waals surface area contributed by atoms with Gasteiger partial charge in [-0.05, 0) is 43.1 Å². The molecule has 0 fully saturated rings. The summed E-state index contributed by atoms with van der Waals surface area (Å²) in [4.78, 5) is 11.5. The molecule has 0 saturated carbocycles. The summed E-state index contributed by atoms with van der Waals surface area (Å²) >= 11 is 0. The molecule has 0 spiro atoms. The predicted molar refractivity (Wildman–Crippen MR) is 54.7 cm³/mol. The minimum atomic E-state index is -0.816. The molecule has 1 aliphatic carbocycles. The van der Waals surface area contributed by atoms with Gasteiger partial charge in [0.2, 0.25) is 5.91 Å². The number of aryl methyl sites for hydroxylation is 1. The molecule has 1 aliphatic rings. The third-order valence-electron chi connectivity index (χ3n) is 3.14. The van der Waals surface area contributed by atoms with Gasteiger partial charge in [-0.2, -0.15) is 0 Å². The Hall–Kier alpha value is -1.42. The number of halogens is 1. The van der Waals surface area contributed by atoms with Crippen molar-refractivity contribution >= 4 is 5.91 Å². The second-order valence-corrected chi connectivity index (χ2v) is 3.82. The lowest BCUT2D eigenvalue weighted by Gasteiger charge is -2.26. The van der Waals surface area contributed by atoms with Crippen LogP contribution in [0.5, 0.6) is 0 Å². The zero-order valence-electron chi connectivity index (χ0n) is 8.51. The monoisotopic (exact) mass is 208 g/mol. The van der Waals surface area contributed by atoms with Gasteiger partial charge in [-0.1, -0.05) is 6.07 Å². The molecule has 0 heterocycles. The zero-order valence-corrected chi connectivity index (χ0v) is 8.51. The summed E-state index contributed by atoms with van der Waals surface area (Å²) in [6, 6.07) is 4.47. The van der Waals surface area contributed by atoms with Gasteiger partial charge in [0, 0.05) is 0 Å². The van der Waals surface area contributed by atoms with Crippen molar-refractivity contribution in [1.82, 2.24) is 5.32 Å². The highest BCUT2D eigenvalue weighted by molar-refractivity contribution is 5.87. The Labute approximate surface area is 87.5 Å². The molecule has 1 atom stereocenters. The number of rotatable bonds is 2. The molecule has 1 aromatic carbocycles. The minimum Gasteiger partial charge on any atom is -0.368 e. The summed E-state index contributed by atoms with van der Waals surface area (Å²) in [7, 11) is 1.70. The van der Waals surface area contributed by atoms with Crippen molar-refractivity contribution in [3.05, 3.63) is 35.1 Å². The standard InChI is InChI=1S/C11H13FN2O/c1-14-11(10(13)15)5-4-7-6-8(12)2-3-9(7)11/h2-3,6,14H,4-5H2,1H3,(H2,13,15). The zero-order chi connectivity index (χ0) is 11.1. The second kappa shape index (κ2) is 3.31. The Morgan fingerprint density at radius 3 is 2.93 bits per heavy atom. The van der Waals surface area contributed by atoms with Gasteiger partial charge < -0.3 is 11.1 Å². The largest absolute Gasteiger partial charge is 0.368 e. The second-order valence-electron chi connectivity index (χ2n) is 3.82. The van der Waals surface area contributed by atoms with E-state index < -0.39 is 11.4 Å². The molecule has 1 aromatic rings. The van der Waals surface area contributed by atoms with Crippen LogP contribution in [0.2, 0.25) is 0 Å². The van der Waals surface area contributed by atoms with Gasteiger partial charge in [0.05, 0.1) is 0 Å². The Kier molecular flexibility index (Phi) is 2.23. The summed E-state index contributed by atoms with van der Waals surface area (Å²) in [5, 5.41) is 2.96. The van der Waals surface area contributed by atoms with E-state index in [0.717, 1.165) is 11.1 Å². The van der Waals surface area contributed by atoms with Crippen LogP contribution in [-0.2, 0) is 16.8 Å². The van der Waals surface area contributed by atoms with Gasteiger partial charge in [0.15, 0.2) is 0 Å². The molecular formula is C11H13FN2O. The molecule has 0 saturated heterocycles. The molecule has 1 amide bonds. The van der Waals surface area contributed by atoms with Gasteiger partial charge in [0.1, 0.15) is 11.4 Å². The Balaban J connectivity index is 2.56. The molecule has 0 aliphatic heterocycles. The van der Waals surface area contributed by atoms with Crippen molar-refractivity contribution in [3.63, 3.8) is 0 Å². The van der Waals surface area contributed by atoms with Crippen LogP contribution >= 0.6 is 0 Å². The lowest BCUT2D eigenvalue weighted by atomic mass is 9.91. The van der Waals surface area contributed by atoms with E-state index in [1.54, 1.807) is 13.1 Å². The predicted octanol–water partition coefficient (Wildman–Crippen LogP) is 0.672. The summed E-state index contributed by atoms with van der Waals surface area (Å²) in [6.07, 6.45) is 1.27. The van der Waals surface area contributed by atoms with E-state index in [1.807, 2.05) is 0 Å². The molecule has 0 radical (unpaired) electrons. The topological polar surface area (TPSA) is 55.1 Å². The molecule has 80 valence electrons. The van der Waals surface area contributed by atoms with Crippen molar-refractivity contribution in [1.29, 1.82) is 0 Å². The first-order chi connectivity index (χ1) is 7.10. The average molecular weight is 208 g/mol. The highest BCUT2D eigenvalue weighted by atomic mass is 19.1. The van der Waals surface area contributed by atoms with Gasteiger partial charge in [-0.15, -0.1) is 0 Å². The molecule has 4 heteroatoms. The number of hydrogen-bond acceptors (Lipinski definition) is 2. The van der Waals surface area contributed by atoms with Crippen LogP contribution in [0.15, 0.2) is 18.2 Å². The third-order valence-corrected chi connectivity index (χ3v) is 3.14. The molecule has 3 nitrogen and oxygen atoms in total. The van der Waals surface area contributed by atoms with Gasteiger partial charge in [0.25, 0.3) is 0 Å². The molecule has 0 aromatic heterocycles. The van der Waals surface area contributed by atoms with E-state index in [0.29, 0.717) is 12.8 Å². The number of amides is 1. The Morgan fingerprint density at radius 2 is 2.33 bits per heavy atom. The molecule has 0 bridgehead atoms. The summed E-state index contributed by atoms with van der Waals surface area (Å²) < 4.78 is 13.0. The average Bonchev–Trinajstić information content (AvgIpc) is 2.56. The fourth-order valence-corrected chi connectivity index (χ4v) is 2.28. The molecule has 3 N–H and O–H groups in total. The first kappa shape index (κ1) is 10.1. The van der Waals surface area contributed by atoms with Crippen LogP contribution in [0.4, 0.5) is 4.39 Å². The summed E-state index contributed by atoms with van der Waals surface area (Å²) in [5.74, 6) is -0.680. The number of benzene rings is 1. The fourth-order valence-electron chi connectivity index (χ4n) is 2.28. The molecular weight excluding hydrogens is 195 g/mol. The quantitative estimate of drug-likeness (QED) is 0.750. The van der Waals surface area contributed by atoms with E-state index >= 15 is 0 Å². The smallest absolute Gasteiger partial charge is 0.242 e. The SMILES string of the molecule is CNC1(C(N)=O)CCc2cc(F)ccc21. The number of nitrogens with two attached hydrogens (primary N) is 1. The number of carbonyl (C=O) groups excluding carboxylic acids is 1. The lowest BCUT2D eigenvalue weighted by molar-refractivity contribution is -0.124. The van der Waals surface area contributed by atoms with Crippen LogP contribution in [0.25, 0.3) is 0 Å². The van der Waals surface area contributed by atoms with E-state index in [1.165, 1.54) is 12.1 Å². The maximum atomic E-state index is 13.0. The maximum absolute atomic E-state index is 13.0. The maximum Gasteiger partial charge on any atom is 0.242 e. The van der Waals surface area contributed by atoms with Gasteiger partial charge in [-0.3, -0.25) is 4.79 Å². The van der Waals surface area contributed by atoms with Crippen LogP contribution in [0.1, 0.15) is 17.5 Å². The van der Waals surface area contributed by atoms with E-state index in [-0.39, 0.29) is 5.82 Å². The molecule has 2 rings (SSSR count). The number of fused-ring (bicyclic) bond motifs is 1. The van der Waals surface area contributed by atoms with Crippen LogP contribution in [0.3, 0.4) is 0 Å². The van der Waals surface area contributed by atoms with Gasteiger partial charge in [-0.25, -0.2) is 4.39 Å². The van der Waals surface area contributed by atoms with E-state index in [2.05, 4.69) is 5.32 Å². The normalized spacial score (nSPS) is 23.9. The van der Waals surface area contributed by atoms with Crippen molar-refractivity contribution < 1.29 is 9.18 Å². The van der Waals surface area contributed by atoms with Crippen molar-refractivity contribution in [3.8, 4) is 0 Å².